The second kappa shape index (κ2) is 8.79. The van der Waals surface area contributed by atoms with Gasteiger partial charge in [0.15, 0.2) is 0 Å². The molecule has 0 aliphatic heterocycles. The molecule has 3 heterocycles. The van der Waals surface area contributed by atoms with Crippen LogP contribution in [0.1, 0.15) is 5.69 Å². The summed E-state index contributed by atoms with van der Waals surface area (Å²) < 4.78 is 14.0. The van der Waals surface area contributed by atoms with Crippen molar-refractivity contribution >= 4 is 34.5 Å². The van der Waals surface area contributed by atoms with Gasteiger partial charge in [-0.2, -0.15) is 4.98 Å². The van der Waals surface area contributed by atoms with Crippen LogP contribution in [0.15, 0.2) is 49.1 Å². The van der Waals surface area contributed by atoms with Gasteiger partial charge in [-0.3, -0.25) is 5.32 Å². The maximum Gasteiger partial charge on any atom is 0.413 e. The molecule has 0 spiro atoms. The number of carbonyl (C=O) groups excluding carboxylic acids is 1. The van der Waals surface area contributed by atoms with E-state index in [0.29, 0.717) is 33.5 Å². The summed E-state index contributed by atoms with van der Waals surface area (Å²) >= 11 is 6.31. The van der Waals surface area contributed by atoms with Gasteiger partial charge < -0.3 is 9.47 Å². The minimum atomic E-state index is -0.628. The highest BCUT2D eigenvalue weighted by molar-refractivity contribution is 6.35. The van der Waals surface area contributed by atoms with Crippen molar-refractivity contribution in [3.8, 4) is 12.0 Å². The van der Waals surface area contributed by atoms with Crippen LogP contribution in [0.2, 0.25) is 5.02 Å². The van der Waals surface area contributed by atoms with Gasteiger partial charge in [0.25, 0.3) is 5.95 Å². The monoisotopic (exact) mass is 440 g/mol. The lowest BCUT2D eigenvalue weighted by molar-refractivity contribution is 0.174. The second-order valence-corrected chi connectivity index (χ2v) is 6.66. The molecule has 31 heavy (non-hydrogen) atoms. The Bertz CT molecular complexity index is 1250. The number of carbonyl (C=O) groups is 1. The van der Waals surface area contributed by atoms with Crippen LogP contribution >= 0.6 is 11.6 Å². The number of halogens is 1. The average Bonchev–Trinajstić information content (AvgIpc) is 3.34. The molecule has 4 aromatic rings. The van der Waals surface area contributed by atoms with Crippen LogP contribution < -0.4 is 10.1 Å². The Kier molecular flexibility index (Phi) is 5.76. The van der Waals surface area contributed by atoms with E-state index >= 15 is 0 Å². The molecule has 4 rings (SSSR count). The second-order valence-electron chi connectivity index (χ2n) is 6.25. The summed E-state index contributed by atoms with van der Waals surface area (Å²) in [6.07, 6.45) is 0.846. The van der Waals surface area contributed by atoms with Gasteiger partial charge in [-0.25, -0.2) is 19.0 Å². The minimum absolute atomic E-state index is 0.0729. The number of nitrogens with zero attached hydrogens (tertiary/aromatic N) is 7. The summed E-state index contributed by atoms with van der Waals surface area (Å²) in [5.74, 6) is 0.734. The normalized spacial score (nSPS) is 10.8. The molecule has 0 fully saturated rings. The zero-order valence-corrected chi connectivity index (χ0v) is 17.2. The third-order valence-corrected chi connectivity index (χ3v) is 4.43. The molecule has 0 aliphatic rings. The third kappa shape index (κ3) is 4.31. The number of pyridine rings is 1. The zero-order chi connectivity index (χ0) is 21.8. The fourth-order valence-corrected chi connectivity index (χ4v) is 3.00. The molecule has 12 heteroatoms. The standard InChI is InChI=1S/C19H17ClN8O3/c1-3-10-30-19(29)22-15-9-4-6-12(21-15)11-31-18-23-16-13(20)7-5-8-14(16)28(18)17-24-25-26-27(17)2/h3-9H,1,10-11H2,2H3,(H,21,22,29). The van der Waals surface area contributed by atoms with Crippen LogP contribution in [0.3, 0.4) is 0 Å². The van der Waals surface area contributed by atoms with E-state index in [0.717, 1.165) is 0 Å². The first-order valence-corrected chi connectivity index (χ1v) is 9.47. The highest BCUT2D eigenvalue weighted by atomic mass is 35.5. The third-order valence-electron chi connectivity index (χ3n) is 4.12. The molecule has 158 valence electrons. The average molecular weight is 441 g/mol. The number of tetrazole rings is 1. The molecule has 0 aliphatic carbocycles. The zero-order valence-electron chi connectivity index (χ0n) is 16.4. The maximum absolute atomic E-state index is 11.7. The largest absolute Gasteiger partial charge is 0.458 e. The summed E-state index contributed by atoms with van der Waals surface area (Å²) in [4.78, 5) is 20.5. The van der Waals surface area contributed by atoms with Crippen molar-refractivity contribution in [1.82, 2.24) is 34.7 Å². The van der Waals surface area contributed by atoms with E-state index in [9.17, 15) is 4.79 Å². The molecule has 0 radical (unpaired) electrons. The van der Waals surface area contributed by atoms with E-state index in [-0.39, 0.29) is 19.2 Å². The number of hydrogen-bond donors (Lipinski definition) is 1. The van der Waals surface area contributed by atoms with Gasteiger partial charge in [-0.15, -0.1) is 0 Å². The Morgan fingerprint density at radius 3 is 2.87 bits per heavy atom. The quantitative estimate of drug-likeness (QED) is 0.435. The molecule has 0 saturated carbocycles. The molecule has 0 saturated heterocycles. The van der Waals surface area contributed by atoms with Gasteiger partial charge in [0, 0.05) is 7.05 Å². The van der Waals surface area contributed by atoms with Crippen molar-refractivity contribution < 1.29 is 14.3 Å². The predicted molar refractivity (Wildman–Crippen MR) is 112 cm³/mol. The fraction of sp³-hybridized carbons (Fsp3) is 0.158. The van der Waals surface area contributed by atoms with Crippen molar-refractivity contribution in [2.45, 2.75) is 6.61 Å². The Labute approximate surface area is 181 Å². The Hall–Kier alpha value is -3.99. The van der Waals surface area contributed by atoms with E-state index in [2.05, 4.69) is 37.4 Å². The lowest BCUT2D eigenvalue weighted by Gasteiger charge is -2.09. The van der Waals surface area contributed by atoms with Crippen LogP contribution in [-0.4, -0.2) is 47.4 Å². The van der Waals surface area contributed by atoms with Crippen molar-refractivity contribution in [2.24, 2.45) is 7.05 Å². The molecular formula is C19H17ClN8O3. The number of rotatable bonds is 7. The summed E-state index contributed by atoms with van der Waals surface area (Å²) in [5.41, 5.74) is 1.80. The molecule has 1 aromatic carbocycles. The van der Waals surface area contributed by atoms with Gasteiger partial charge in [-0.05, 0) is 34.7 Å². The van der Waals surface area contributed by atoms with Crippen LogP contribution in [0.25, 0.3) is 17.0 Å². The van der Waals surface area contributed by atoms with E-state index in [1.807, 2.05) is 6.07 Å². The van der Waals surface area contributed by atoms with Crippen LogP contribution in [-0.2, 0) is 18.4 Å². The summed E-state index contributed by atoms with van der Waals surface area (Å²) in [6, 6.07) is 10.8. The molecule has 0 unspecified atom stereocenters. The van der Waals surface area contributed by atoms with Gasteiger partial charge in [0.1, 0.15) is 24.5 Å². The van der Waals surface area contributed by atoms with E-state index in [1.165, 1.54) is 10.8 Å². The molecule has 1 N–H and O–H groups in total. The van der Waals surface area contributed by atoms with Crippen molar-refractivity contribution in [2.75, 3.05) is 11.9 Å². The highest BCUT2D eigenvalue weighted by Crippen LogP contribution is 2.29. The number of aryl methyl sites for hydroxylation is 1. The minimum Gasteiger partial charge on any atom is -0.458 e. The molecule has 1 amide bonds. The van der Waals surface area contributed by atoms with Crippen LogP contribution in [0.5, 0.6) is 6.01 Å². The van der Waals surface area contributed by atoms with Crippen LogP contribution in [0, 0.1) is 0 Å². The first-order valence-electron chi connectivity index (χ1n) is 9.10. The summed E-state index contributed by atoms with van der Waals surface area (Å²) in [5, 5.41) is 14.6. The number of imidazole rings is 1. The fourth-order valence-electron chi connectivity index (χ4n) is 2.79. The number of anilines is 1. The van der Waals surface area contributed by atoms with Gasteiger partial charge in [0.05, 0.1) is 16.2 Å². The summed E-state index contributed by atoms with van der Waals surface area (Å²) in [7, 11) is 1.71. The highest BCUT2D eigenvalue weighted by Gasteiger charge is 2.20. The Balaban J connectivity index is 1.59. The molecule has 0 atom stereocenters. The lowest BCUT2D eigenvalue weighted by atomic mass is 10.3. The number of nitrogens with one attached hydrogen (secondary N) is 1. The molecule has 0 bridgehead atoms. The first-order chi connectivity index (χ1) is 15.1. The van der Waals surface area contributed by atoms with Gasteiger partial charge >= 0.3 is 12.1 Å². The van der Waals surface area contributed by atoms with Crippen molar-refractivity contribution in [1.29, 1.82) is 0 Å². The maximum atomic E-state index is 11.7. The van der Waals surface area contributed by atoms with Gasteiger partial charge in [-0.1, -0.05) is 41.5 Å². The Morgan fingerprint density at radius 2 is 2.10 bits per heavy atom. The number of ether oxygens (including phenoxy) is 2. The number of hydrogen-bond acceptors (Lipinski definition) is 8. The Morgan fingerprint density at radius 1 is 1.26 bits per heavy atom. The summed E-state index contributed by atoms with van der Waals surface area (Å²) in [6.45, 7) is 3.67. The van der Waals surface area contributed by atoms with E-state index in [1.54, 1.807) is 41.9 Å². The molecular weight excluding hydrogens is 424 g/mol. The lowest BCUT2D eigenvalue weighted by Crippen LogP contribution is -2.15. The number of para-hydroxylation sites is 1. The van der Waals surface area contributed by atoms with E-state index in [4.69, 9.17) is 21.1 Å². The smallest absolute Gasteiger partial charge is 0.413 e. The molecule has 3 aromatic heterocycles. The topological polar surface area (TPSA) is 122 Å². The van der Waals surface area contributed by atoms with Crippen molar-refractivity contribution in [3.05, 3.63) is 59.8 Å². The van der Waals surface area contributed by atoms with Crippen LogP contribution in [0.4, 0.5) is 10.6 Å². The number of benzene rings is 1. The SMILES string of the molecule is C=CCOC(=O)Nc1cccc(COc2nc3c(Cl)cccc3n2-c2nnnn2C)n1. The molecule has 11 nitrogen and oxygen atoms in total. The van der Waals surface area contributed by atoms with Crippen molar-refractivity contribution in [3.63, 3.8) is 0 Å². The van der Waals surface area contributed by atoms with E-state index < -0.39 is 6.09 Å². The number of fused-ring (bicyclic) bond motifs is 1. The first kappa shape index (κ1) is 20.3. The number of aromatic nitrogens is 7. The predicted octanol–water partition coefficient (Wildman–Crippen LogP) is 2.91. The number of amides is 1. The van der Waals surface area contributed by atoms with Gasteiger partial charge in [0.2, 0.25) is 0 Å².